The van der Waals surface area contributed by atoms with Crippen molar-refractivity contribution >= 4 is 33.7 Å². The molecule has 2 aromatic heterocycles. The summed E-state index contributed by atoms with van der Waals surface area (Å²) in [5.41, 5.74) is 1.52. The van der Waals surface area contributed by atoms with Crippen LogP contribution >= 0.6 is 0 Å². The summed E-state index contributed by atoms with van der Waals surface area (Å²) >= 11 is 0. The van der Waals surface area contributed by atoms with Gasteiger partial charge in [-0.05, 0) is 18.2 Å². The third-order valence-electron chi connectivity index (χ3n) is 3.92. The zero-order valence-corrected chi connectivity index (χ0v) is 12.8. The van der Waals surface area contributed by atoms with E-state index in [1.165, 1.54) is 0 Å². The lowest BCUT2D eigenvalue weighted by atomic mass is 10.1. The monoisotopic (exact) mass is 319 g/mol. The summed E-state index contributed by atoms with van der Waals surface area (Å²) in [6, 6.07) is 14.4. The molecule has 2 heterocycles. The van der Waals surface area contributed by atoms with E-state index in [4.69, 9.17) is 0 Å². The molecule has 4 aromatic rings. The number of benzene rings is 2. The average Bonchev–Trinajstić information content (AvgIpc) is 2.92. The summed E-state index contributed by atoms with van der Waals surface area (Å²) in [5.74, 6) is -0.0147. The van der Waals surface area contributed by atoms with Crippen LogP contribution in [0, 0.1) is 0 Å². The highest BCUT2D eigenvalue weighted by atomic mass is 16.2. The number of carbonyl (C=O) groups excluding carboxylic acids is 1. The minimum absolute atomic E-state index is 0.150. The number of nitrogens with zero attached hydrogens (tertiary/aromatic N) is 3. The number of carbonyl (C=O) groups is 1. The SMILES string of the molecule is Cn1c(NC(=O)c2n[nH]c(=O)c3ccccc23)nc2ccccc21. The van der Waals surface area contributed by atoms with E-state index in [0.29, 0.717) is 16.7 Å². The number of fused-ring (bicyclic) bond motifs is 2. The molecule has 0 radical (unpaired) electrons. The van der Waals surface area contributed by atoms with Gasteiger partial charge in [0.05, 0.1) is 16.4 Å². The van der Waals surface area contributed by atoms with Crippen molar-refractivity contribution in [2.45, 2.75) is 0 Å². The van der Waals surface area contributed by atoms with Crippen LogP contribution in [0.5, 0.6) is 0 Å². The number of rotatable bonds is 2. The first kappa shape index (κ1) is 14.1. The molecule has 0 aliphatic carbocycles. The number of aromatic nitrogens is 4. The topological polar surface area (TPSA) is 92.7 Å². The first-order valence-electron chi connectivity index (χ1n) is 7.35. The summed E-state index contributed by atoms with van der Waals surface area (Å²) in [6.45, 7) is 0. The molecular weight excluding hydrogens is 306 g/mol. The Morgan fingerprint density at radius 2 is 1.79 bits per heavy atom. The molecule has 0 aliphatic rings. The smallest absolute Gasteiger partial charge is 0.279 e. The van der Waals surface area contributed by atoms with Crippen LogP contribution in [-0.4, -0.2) is 25.7 Å². The lowest BCUT2D eigenvalue weighted by molar-refractivity contribution is 0.102. The van der Waals surface area contributed by atoms with Crippen LogP contribution in [0.2, 0.25) is 0 Å². The summed E-state index contributed by atoms with van der Waals surface area (Å²) in [7, 11) is 1.82. The first-order chi connectivity index (χ1) is 11.6. The molecule has 2 aromatic carbocycles. The molecule has 24 heavy (non-hydrogen) atoms. The third-order valence-corrected chi connectivity index (χ3v) is 3.92. The van der Waals surface area contributed by atoms with Crippen LogP contribution in [0.1, 0.15) is 10.5 Å². The number of aromatic amines is 1. The van der Waals surface area contributed by atoms with E-state index in [0.717, 1.165) is 11.0 Å². The Labute approximate surface area is 136 Å². The zero-order chi connectivity index (χ0) is 16.7. The number of anilines is 1. The quantitative estimate of drug-likeness (QED) is 0.591. The number of nitrogens with one attached hydrogen (secondary N) is 2. The highest BCUT2D eigenvalue weighted by molar-refractivity contribution is 6.10. The summed E-state index contributed by atoms with van der Waals surface area (Å²) < 4.78 is 1.79. The van der Waals surface area contributed by atoms with E-state index in [1.54, 1.807) is 28.8 Å². The Hall–Kier alpha value is -3.48. The normalized spacial score (nSPS) is 11.0. The predicted octanol–water partition coefficient (Wildman–Crippen LogP) is 2.06. The van der Waals surface area contributed by atoms with Crippen LogP contribution in [0.4, 0.5) is 5.95 Å². The number of hydrogen-bond acceptors (Lipinski definition) is 4. The summed E-state index contributed by atoms with van der Waals surface area (Å²) in [4.78, 5) is 28.8. The minimum Gasteiger partial charge on any atom is -0.313 e. The number of hydrogen-bond donors (Lipinski definition) is 2. The van der Waals surface area contributed by atoms with Crippen molar-refractivity contribution < 1.29 is 4.79 Å². The number of aryl methyl sites for hydroxylation is 1. The van der Waals surface area contributed by atoms with Gasteiger partial charge in [0, 0.05) is 12.4 Å². The van der Waals surface area contributed by atoms with Gasteiger partial charge in [-0.15, -0.1) is 0 Å². The predicted molar refractivity (Wildman–Crippen MR) is 91.0 cm³/mol. The number of amides is 1. The fourth-order valence-electron chi connectivity index (χ4n) is 2.71. The van der Waals surface area contributed by atoms with Crippen LogP contribution < -0.4 is 10.9 Å². The largest absolute Gasteiger partial charge is 0.313 e. The number of imidazole rings is 1. The molecule has 0 spiro atoms. The standard InChI is InChI=1S/C17H13N5O2/c1-22-13-9-5-4-8-12(13)18-17(22)19-16(24)14-10-6-2-3-7-11(10)15(23)21-20-14/h2-9H,1H3,(H,21,23)(H,18,19,24). The van der Waals surface area contributed by atoms with E-state index in [1.807, 2.05) is 31.3 Å². The van der Waals surface area contributed by atoms with Gasteiger partial charge < -0.3 is 4.57 Å². The maximum absolute atomic E-state index is 12.6. The van der Waals surface area contributed by atoms with Gasteiger partial charge in [0.25, 0.3) is 11.5 Å². The van der Waals surface area contributed by atoms with Crippen molar-refractivity contribution in [2.75, 3.05) is 5.32 Å². The third kappa shape index (κ3) is 2.14. The highest BCUT2D eigenvalue weighted by Crippen LogP contribution is 2.19. The molecule has 0 atom stereocenters. The Balaban J connectivity index is 1.78. The fraction of sp³-hybridized carbons (Fsp3) is 0.0588. The van der Waals surface area contributed by atoms with Crippen molar-refractivity contribution in [1.82, 2.24) is 19.7 Å². The van der Waals surface area contributed by atoms with Crippen molar-refractivity contribution in [2.24, 2.45) is 7.05 Å². The Kier molecular flexibility index (Phi) is 3.13. The molecular formula is C17H13N5O2. The maximum atomic E-state index is 12.6. The van der Waals surface area contributed by atoms with Crippen molar-refractivity contribution in [3.05, 3.63) is 64.6 Å². The molecule has 0 saturated heterocycles. The van der Waals surface area contributed by atoms with Crippen LogP contribution in [0.15, 0.2) is 53.3 Å². The van der Waals surface area contributed by atoms with Crippen LogP contribution in [0.3, 0.4) is 0 Å². The van der Waals surface area contributed by atoms with Gasteiger partial charge in [-0.2, -0.15) is 5.10 Å². The van der Waals surface area contributed by atoms with Crippen LogP contribution in [0.25, 0.3) is 21.8 Å². The van der Waals surface area contributed by atoms with E-state index in [2.05, 4.69) is 20.5 Å². The van der Waals surface area contributed by atoms with Gasteiger partial charge >= 0.3 is 0 Å². The first-order valence-corrected chi connectivity index (χ1v) is 7.35. The van der Waals surface area contributed by atoms with E-state index >= 15 is 0 Å². The molecule has 7 heteroatoms. The lowest BCUT2D eigenvalue weighted by Gasteiger charge is -2.06. The molecule has 0 saturated carbocycles. The molecule has 4 rings (SSSR count). The van der Waals surface area contributed by atoms with Crippen LogP contribution in [-0.2, 0) is 7.05 Å². The summed E-state index contributed by atoms with van der Waals surface area (Å²) in [5, 5.41) is 9.93. The second-order valence-electron chi connectivity index (χ2n) is 5.38. The Bertz CT molecular complexity index is 1140. The Morgan fingerprint density at radius 1 is 1.08 bits per heavy atom. The van der Waals surface area contributed by atoms with Crippen molar-refractivity contribution in [3.63, 3.8) is 0 Å². The molecule has 0 aliphatic heterocycles. The minimum atomic E-state index is -0.430. The van der Waals surface area contributed by atoms with Gasteiger partial charge in [0.2, 0.25) is 5.95 Å². The van der Waals surface area contributed by atoms with Gasteiger partial charge in [-0.25, -0.2) is 10.1 Å². The second-order valence-corrected chi connectivity index (χ2v) is 5.38. The number of H-pyrrole nitrogens is 1. The van der Waals surface area contributed by atoms with E-state index in [-0.39, 0.29) is 11.3 Å². The average molecular weight is 319 g/mol. The Morgan fingerprint density at radius 3 is 2.58 bits per heavy atom. The molecule has 7 nitrogen and oxygen atoms in total. The van der Waals surface area contributed by atoms with E-state index < -0.39 is 5.91 Å². The van der Waals surface area contributed by atoms with Gasteiger partial charge in [0.1, 0.15) is 0 Å². The second kappa shape index (κ2) is 5.31. The fourth-order valence-corrected chi connectivity index (χ4v) is 2.71. The van der Waals surface area contributed by atoms with E-state index in [9.17, 15) is 9.59 Å². The summed E-state index contributed by atoms with van der Waals surface area (Å²) in [6.07, 6.45) is 0. The van der Waals surface area contributed by atoms with Crippen molar-refractivity contribution in [1.29, 1.82) is 0 Å². The number of para-hydroxylation sites is 2. The van der Waals surface area contributed by atoms with Crippen molar-refractivity contribution in [3.8, 4) is 0 Å². The zero-order valence-electron chi connectivity index (χ0n) is 12.8. The molecule has 2 N–H and O–H groups in total. The molecule has 0 fully saturated rings. The van der Waals surface area contributed by atoms with Gasteiger partial charge in [-0.1, -0.05) is 30.3 Å². The maximum Gasteiger partial charge on any atom is 0.279 e. The highest BCUT2D eigenvalue weighted by Gasteiger charge is 2.17. The molecule has 0 bridgehead atoms. The molecule has 1 amide bonds. The molecule has 118 valence electrons. The van der Waals surface area contributed by atoms with Gasteiger partial charge in [0.15, 0.2) is 5.69 Å². The molecule has 0 unspecified atom stereocenters. The van der Waals surface area contributed by atoms with Gasteiger partial charge in [-0.3, -0.25) is 14.9 Å². The lowest BCUT2D eigenvalue weighted by Crippen LogP contribution is -2.20.